The Morgan fingerprint density at radius 1 is 1.56 bits per heavy atom. The van der Waals surface area contributed by atoms with Crippen LogP contribution in [0.2, 0.25) is 0 Å². The lowest BCUT2D eigenvalue weighted by Gasteiger charge is -2.25. The van der Waals surface area contributed by atoms with Gasteiger partial charge in [0.25, 0.3) is 0 Å². The Morgan fingerprint density at radius 2 is 2.22 bits per heavy atom. The van der Waals surface area contributed by atoms with E-state index in [1.54, 1.807) is 11.6 Å². The van der Waals surface area contributed by atoms with Gasteiger partial charge in [0.1, 0.15) is 5.82 Å². The quantitative estimate of drug-likeness (QED) is 0.835. The van der Waals surface area contributed by atoms with Crippen molar-refractivity contribution < 1.29 is 9.53 Å². The number of carbonyl (C=O) groups is 1. The summed E-state index contributed by atoms with van der Waals surface area (Å²) in [6.45, 7) is 6.16. The number of nitrogens with two attached hydrogens (primary N) is 1. The van der Waals surface area contributed by atoms with E-state index in [0.717, 1.165) is 18.4 Å². The third kappa shape index (κ3) is 2.09. The molecule has 0 radical (unpaired) electrons. The highest BCUT2D eigenvalue weighted by atomic mass is 16.5. The first-order valence-electron chi connectivity index (χ1n) is 6.61. The zero-order chi connectivity index (χ0) is 13.3. The van der Waals surface area contributed by atoms with E-state index in [9.17, 15) is 4.79 Å². The van der Waals surface area contributed by atoms with Gasteiger partial charge in [0, 0.05) is 11.6 Å². The first-order valence-corrected chi connectivity index (χ1v) is 6.61. The molecular weight excluding hydrogens is 230 g/mol. The number of ether oxygens (including phenoxy) is 1. The second-order valence-corrected chi connectivity index (χ2v) is 5.03. The third-order valence-corrected chi connectivity index (χ3v) is 3.46. The van der Waals surface area contributed by atoms with Crippen LogP contribution < -0.4 is 5.73 Å². The minimum atomic E-state index is -0.356. The molecule has 1 heterocycles. The van der Waals surface area contributed by atoms with E-state index in [-0.39, 0.29) is 12.0 Å². The van der Waals surface area contributed by atoms with E-state index >= 15 is 0 Å². The van der Waals surface area contributed by atoms with Crippen molar-refractivity contribution in [3.63, 3.8) is 0 Å². The Kier molecular flexibility index (Phi) is 3.59. The normalized spacial score (nSPS) is 15.8. The molecule has 1 aliphatic carbocycles. The van der Waals surface area contributed by atoms with Crippen LogP contribution in [0.5, 0.6) is 0 Å². The molecule has 0 amide bonds. The molecule has 0 atom stereocenters. The standard InChI is InChI=1S/C13H21N3O2/c1-4-18-13(17)11-10(9-6-5-7-9)12(14)16(15-11)8(2)3/h8-9H,4-7,14H2,1-3H3. The molecule has 5 nitrogen and oxygen atoms in total. The average Bonchev–Trinajstić information content (AvgIpc) is 2.55. The predicted molar refractivity (Wildman–Crippen MR) is 69.6 cm³/mol. The SMILES string of the molecule is CCOC(=O)c1nn(C(C)C)c(N)c1C1CCC1. The second kappa shape index (κ2) is 5.00. The number of anilines is 1. The summed E-state index contributed by atoms with van der Waals surface area (Å²) in [5.74, 6) is 0.639. The van der Waals surface area contributed by atoms with Crippen molar-refractivity contribution in [3.05, 3.63) is 11.3 Å². The maximum absolute atomic E-state index is 11.9. The van der Waals surface area contributed by atoms with Crippen LogP contribution >= 0.6 is 0 Å². The van der Waals surface area contributed by atoms with Crippen molar-refractivity contribution in [2.75, 3.05) is 12.3 Å². The van der Waals surface area contributed by atoms with Crippen LogP contribution in [-0.4, -0.2) is 22.4 Å². The number of hydrogen-bond acceptors (Lipinski definition) is 4. The summed E-state index contributed by atoms with van der Waals surface area (Å²) in [4.78, 5) is 11.9. The second-order valence-electron chi connectivity index (χ2n) is 5.03. The molecule has 1 aromatic rings. The highest BCUT2D eigenvalue weighted by Crippen LogP contribution is 2.41. The summed E-state index contributed by atoms with van der Waals surface area (Å²) >= 11 is 0. The number of aromatic nitrogens is 2. The Balaban J connectivity index is 2.42. The smallest absolute Gasteiger partial charge is 0.359 e. The van der Waals surface area contributed by atoms with Gasteiger partial charge >= 0.3 is 5.97 Å². The van der Waals surface area contributed by atoms with Gasteiger partial charge in [-0.05, 0) is 39.5 Å². The summed E-state index contributed by atoms with van der Waals surface area (Å²) < 4.78 is 6.79. The minimum absolute atomic E-state index is 0.145. The molecule has 1 saturated carbocycles. The number of carbonyl (C=O) groups excluding carboxylic acids is 1. The highest BCUT2D eigenvalue weighted by Gasteiger charge is 2.32. The van der Waals surface area contributed by atoms with E-state index in [0.29, 0.717) is 24.0 Å². The molecule has 1 fully saturated rings. The largest absolute Gasteiger partial charge is 0.461 e. The lowest BCUT2D eigenvalue weighted by Crippen LogP contribution is -2.15. The van der Waals surface area contributed by atoms with Crippen molar-refractivity contribution in [1.29, 1.82) is 0 Å². The van der Waals surface area contributed by atoms with Crippen LogP contribution in [0.1, 0.15) is 68.0 Å². The van der Waals surface area contributed by atoms with Gasteiger partial charge < -0.3 is 10.5 Å². The lowest BCUT2D eigenvalue weighted by molar-refractivity contribution is 0.0515. The van der Waals surface area contributed by atoms with Crippen LogP contribution in [-0.2, 0) is 4.74 Å². The van der Waals surface area contributed by atoms with Crippen LogP contribution in [0.4, 0.5) is 5.82 Å². The Hall–Kier alpha value is -1.52. The molecule has 2 rings (SSSR count). The summed E-state index contributed by atoms with van der Waals surface area (Å²) in [5, 5.41) is 4.35. The van der Waals surface area contributed by atoms with Crippen molar-refractivity contribution in [2.45, 2.75) is 52.0 Å². The maximum atomic E-state index is 11.9. The van der Waals surface area contributed by atoms with Crippen molar-refractivity contribution >= 4 is 11.8 Å². The van der Waals surface area contributed by atoms with Crippen molar-refractivity contribution in [1.82, 2.24) is 9.78 Å². The molecule has 0 aromatic carbocycles. The van der Waals surface area contributed by atoms with E-state index in [1.165, 1.54) is 6.42 Å². The van der Waals surface area contributed by atoms with Crippen molar-refractivity contribution in [3.8, 4) is 0 Å². The molecule has 0 aliphatic heterocycles. The summed E-state index contributed by atoms with van der Waals surface area (Å²) in [5.41, 5.74) is 7.45. The Morgan fingerprint density at radius 3 is 2.67 bits per heavy atom. The highest BCUT2D eigenvalue weighted by molar-refractivity contribution is 5.90. The van der Waals surface area contributed by atoms with Crippen LogP contribution in [0.25, 0.3) is 0 Å². The molecule has 1 aromatic heterocycles. The monoisotopic (exact) mass is 251 g/mol. The fourth-order valence-corrected chi connectivity index (χ4v) is 2.30. The van der Waals surface area contributed by atoms with Gasteiger partial charge in [-0.2, -0.15) is 5.10 Å². The van der Waals surface area contributed by atoms with Gasteiger partial charge in [-0.15, -0.1) is 0 Å². The molecular formula is C13H21N3O2. The van der Waals surface area contributed by atoms with Gasteiger partial charge in [0.05, 0.1) is 6.61 Å². The molecule has 1 aliphatic rings. The zero-order valence-corrected chi connectivity index (χ0v) is 11.3. The number of rotatable bonds is 4. The average molecular weight is 251 g/mol. The first kappa shape index (κ1) is 12.9. The Labute approximate surface area is 107 Å². The number of nitrogen functional groups attached to an aromatic ring is 1. The molecule has 0 saturated heterocycles. The van der Waals surface area contributed by atoms with E-state index in [1.807, 2.05) is 13.8 Å². The van der Waals surface area contributed by atoms with Gasteiger partial charge in [-0.25, -0.2) is 9.48 Å². The maximum Gasteiger partial charge on any atom is 0.359 e. The number of nitrogens with zero attached hydrogens (tertiary/aromatic N) is 2. The lowest BCUT2D eigenvalue weighted by atomic mass is 9.79. The molecule has 0 bridgehead atoms. The summed E-state index contributed by atoms with van der Waals surface area (Å²) in [6, 6.07) is 0.145. The minimum Gasteiger partial charge on any atom is -0.461 e. The molecule has 100 valence electrons. The first-order chi connectivity index (χ1) is 8.56. The summed E-state index contributed by atoms with van der Waals surface area (Å²) in [7, 11) is 0. The topological polar surface area (TPSA) is 70.1 Å². The molecule has 5 heteroatoms. The van der Waals surface area contributed by atoms with E-state index in [4.69, 9.17) is 10.5 Å². The number of hydrogen-bond donors (Lipinski definition) is 1. The number of esters is 1. The molecule has 0 spiro atoms. The third-order valence-electron chi connectivity index (χ3n) is 3.46. The van der Waals surface area contributed by atoms with Gasteiger partial charge in [-0.1, -0.05) is 6.42 Å². The molecule has 2 N–H and O–H groups in total. The van der Waals surface area contributed by atoms with Crippen molar-refractivity contribution in [2.24, 2.45) is 0 Å². The van der Waals surface area contributed by atoms with Gasteiger partial charge in [-0.3, -0.25) is 0 Å². The predicted octanol–water partition coefficient (Wildman–Crippen LogP) is 2.49. The van der Waals surface area contributed by atoms with E-state index in [2.05, 4.69) is 5.10 Å². The molecule has 18 heavy (non-hydrogen) atoms. The van der Waals surface area contributed by atoms with E-state index < -0.39 is 0 Å². The van der Waals surface area contributed by atoms with Gasteiger partial charge in [0.2, 0.25) is 0 Å². The van der Waals surface area contributed by atoms with Gasteiger partial charge in [0.15, 0.2) is 5.69 Å². The molecule has 0 unspecified atom stereocenters. The Bertz CT molecular complexity index is 447. The van der Waals surface area contributed by atoms with Crippen LogP contribution in [0.15, 0.2) is 0 Å². The van der Waals surface area contributed by atoms with Crippen LogP contribution in [0.3, 0.4) is 0 Å². The summed E-state index contributed by atoms with van der Waals surface area (Å²) in [6.07, 6.45) is 3.36. The zero-order valence-electron chi connectivity index (χ0n) is 11.3. The fourth-order valence-electron chi connectivity index (χ4n) is 2.30. The van der Waals surface area contributed by atoms with Crippen LogP contribution in [0, 0.1) is 0 Å². The fraction of sp³-hybridized carbons (Fsp3) is 0.692.